The van der Waals surface area contributed by atoms with Crippen LogP contribution in [0.4, 0.5) is 20.2 Å². The van der Waals surface area contributed by atoms with Crippen molar-refractivity contribution in [3.63, 3.8) is 0 Å². The number of rotatable bonds is 5. The Bertz CT molecular complexity index is 896. The van der Waals surface area contributed by atoms with Gasteiger partial charge in [-0.2, -0.15) is 0 Å². The lowest BCUT2D eigenvalue weighted by atomic mass is 10.1. The first-order chi connectivity index (χ1) is 12.5. The molecule has 3 nitrogen and oxygen atoms in total. The van der Waals surface area contributed by atoms with Gasteiger partial charge in [0.15, 0.2) is 11.6 Å². The second-order valence-electron chi connectivity index (χ2n) is 5.97. The summed E-state index contributed by atoms with van der Waals surface area (Å²) in [7, 11) is 0. The van der Waals surface area contributed by atoms with Crippen LogP contribution in [0.2, 0.25) is 0 Å². The number of carbonyl (C=O) groups excluding carboxylic acids is 1. The van der Waals surface area contributed by atoms with E-state index in [1.165, 1.54) is 6.07 Å². The SMILES string of the molecule is Cc1ccc(NC(=O)C(Nc2ccc(F)c(F)c2)c2ccccc2)cc1. The Hall–Kier alpha value is -3.21. The fourth-order valence-corrected chi connectivity index (χ4v) is 2.55. The highest BCUT2D eigenvalue weighted by molar-refractivity contribution is 5.97. The molecular formula is C21H18F2N2O. The molecule has 0 spiro atoms. The number of amides is 1. The number of anilines is 2. The zero-order valence-electron chi connectivity index (χ0n) is 14.2. The summed E-state index contributed by atoms with van der Waals surface area (Å²) in [6, 6.07) is 19.2. The van der Waals surface area contributed by atoms with E-state index in [-0.39, 0.29) is 5.91 Å². The van der Waals surface area contributed by atoms with Crippen LogP contribution in [0, 0.1) is 18.6 Å². The Morgan fingerprint density at radius 3 is 2.15 bits per heavy atom. The van der Waals surface area contributed by atoms with Crippen LogP contribution in [0.25, 0.3) is 0 Å². The number of aryl methyl sites for hydroxylation is 1. The van der Waals surface area contributed by atoms with Crippen molar-refractivity contribution in [3.05, 3.63) is 95.6 Å². The molecule has 0 aliphatic heterocycles. The first-order valence-electron chi connectivity index (χ1n) is 8.17. The van der Waals surface area contributed by atoms with E-state index >= 15 is 0 Å². The zero-order valence-corrected chi connectivity index (χ0v) is 14.2. The molecule has 132 valence electrons. The Balaban J connectivity index is 1.86. The predicted molar refractivity (Wildman–Crippen MR) is 99.0 cm³/mol. The fourth-order valence-electron chi connectivity index (χ4n) is 2.55. The maximum atomic E-state index is 13.5. The summed E-state index contributed by atoms with van der Waals surface area (Å²) in [6.07, 6.45) is 0. The van der Waals surface area contributed by atoms with Crippen LogP contribution in [-0.2, 0) is 4.79 Å². The smallest absolute Gasteiger partial charge is 0.251 e. The zero-order chi connectivity index (χ0) is 18.5. The van der Waals surface area contributed by atoms with Crippen LogP contribution in [0.15, 0.2) is 72.8 Å². The van der Waals surface area contributed by atoms with Gasteiger partial charge in [0, 0.05) is 17.4 Å². The van der Waals surface area contributed by atoms with E-state index in [9.17, 15) is 13.6 Å². The normalized spacial score (nSPS) is 11.7. The van der Waals surface area contributed by atoms with Crippen LogP contribution in [0.1, 0.15) is 17.2 Å². The van der Waals surface area contributed by atoms with Crippen LogP contribution in [0.5, 0.6) is 0 Å². The second kappa shape index (κ2) is 7.78. The minimum Gasteiger partial charge on any atom is -0.370 e. The van der Waals surface area contributed by atoms with E-state index in [0.29, 0.717) is 16.9 Å². The molecule has 0 bridgehead atoms. The van der Waals surface area contributed by atoms with Gasteiger partial charge in [0.2, 0.25) is 0 Å². The van der Waals surface area contributed by atoms with Crippen LogP contribution < -0.4 is 10.6 Å². The second-order valence-corrected chi connectivity index (χ2v) is 5.97. The Morgan fingerprint density at radius 2 is 1.50 bits per heavy atom. The number of carbonyl (C=O) groups is 1. The molecule has 1 unspecified atom stereocenters. The van der Waals surface area contributed by atoms with Gasteiger partial charge < -0.3 is 10.6 Å². The lowest BCUT2D eigenvalue weighted by molar-refractivity contribution is -0.117. The molecule has 3 rings (SSSR count). The molecule has 0 heterocycles. The largest absolute Gasteiger partial charge is 0.370 e. The van der Waals surface area contributed by atoms with Crippen molar-refractivity contribution in [2.45, 2.75) is 13.0 Å². The number of benzene rings is 3. The number of halogens is 2. The van der Waals surface area contributed by atoms with Gasteiger partial charge in [-0.3, -0.25) is 4.79 Å². The van der Waals surface area contributed by atoms with E-state index in [1.807, 2.05) is 49.4 Å². The fraction of sp³-hybridized carbons (Fsp3) is 0.0952. The van der Waals surface area contributed by atoms with Gasteiger partial charge in [-0.15, -0.1) is 0 Å². The third-order valence-electron chi connectivity index (χ3n) is 3.94. The van der Waals surface area contributed by atoms with E-state index in [0.717, 1.165) is 17.7 Å². The van der Waals surface area contributed by atoms with Gasteiger partial charge in [0.05, 0.1) is 0 Å². The van der Waals surface area contributed by atoms with Gasteiger partial charge in [-0.05, 0) is 36.8 Å². The van der Waals surface area contributed by atoms with E-state index in [4.69, 9.17) is 0 Å². The summed E-state index contributed by atoms with van der Waals surface area (Å²) in [5, 5.41) is 5.82. The topological polar surface area (TPSA) is 41.1 Å². The highest BCUT2D eigenvalue weighted by Gasteiger charge is 2.21. The lowest BCUT2D eigenvalue weighted by Gasteiger charge is -2.20. The molecule has 0 radical (unpaired) electrons. The van der Waals surface area contributed by atoms with Crippen LogP contribution in [-0.4, -0.2) is 5.91 Å². The van der Waals surface area contributed by atoms with Crippen molar-refractivity contribution < 1.29 is 13.6 Å². The molecule has 0 aliphatic rings. The van der Waals surface area contributed by atoms with Crippen molar-refractivity contribution in [1.29, 1.82) is 0 Å². The number of hydrogen-bond donors (Lipinski definition) is 2. The third kappa shape index (κ3) is 4.25. The van der Waals surface area contributed by atoms with Gasteiger partial charge >= 0.3 is 0 Å². The van der Waals surface area contributed by atoms with Gasteiger partial charge in [0.1, 0.15) is 6.04 Å². The molecule has 0 saturated heterocycles. The van der Waals surface area contributed by atoms with E-state index < -0.39 is 17.7 Å². The number of hydrogen-bond acceptors (Lipinski definition) is 2. The minimum atomic E-state index is -0.972. The summed E-state index contributed by atoms with van der Waals surface area (Å²) < 4.78 is 26.7. The molecule has 5 heteroatoms. The summed E-state index contributed by atoms with van der Waals surface area (Å²) in [5.74, 6) is -2.21. The van der Waals surface area contributed by atoms with E-state index in [1.54, 1.807) is 12.1 Å². The van der Waals surface area contributed by atoms with E-state index in [2.05, 4.69) is 10.6 Å². The summed E-state index contributed by atoms with van der Waals surface area (Å²) in [6.45, 7) is 1.96. The maximum Gasteiger partial charge on any atom is 0.251 e. The van der Waals surface area contributed by atoms with Crippen molar-refractivity contribution in [2.75, 3.05) is 10.6 Å². The highest BCUT2D eigenvalue weighted by atomic mass is 19.2. The predicted octanol–water partition coefficient (Wildman–Crippen LogP) is 5.07. The summed E-state index contributed by atoms with van der Waals surface area (Å²) >= 11 is 0. The molecule has 0 saturated carbocycles. The van der Waals surface area contributed by atoms with Crippen molar-refractivity contribution in [3.8, 4) is 0 Å². The molecule has 0 aliphatic carbocycles. The minimum absolute atomic E-state index is 0.301. The van der Waals surface area contributed by atoms with Crippen LogP contribution in [0.3, 0.4) is 0 Å². The third-order valence-corrected chi connectivity index (χ3v) is 3.94. The van der Waals surface area contributed by atoms with Gasteiger partial charge in [0.25, 0.3) is 5.91 Å². The highest BCUT2D eigenvalue weighted by Crippen LogP contribution is 2.23. The Morgan fingerprint density at radius 1 is 0.846 bits per heavy atom. The Labute approximate surface area is 150 Å². The summed E-state index contributed by atoms with van der Waals surface area (Å²) in [4.78, 5) is 12.8. The van der Waals surface area contributed by atoms with Gasteiger partial charge in [-0.1, -0.05) is 48.0 Å². The molecule has 26 heavy (non-hydrogen) atoms. The molecular weight excluding hydrogens is 334 g/mol. The van der Waals surface area contributed by atoms with Crippen molar-refractivity contribution in [2.24, 2.45) is 0 Å². The monoisotopic (exact) mass is 352 g/mol. The molecule has 3 aromatic carbocycles. The lowest BCUT2D eigenvalue weighted by Crippen LogP contribution is -2.27. The quantitative estimate of drug-likeness (QED) is 0.673. The average Bonchev–Trinajstić information content (AvgIpc) is 2.65. The molecule has 1 amide bonds. The van der Waals surface area contributed by atoms with Crippen molar-refractivity contribution in [1.82, 2.24) is 0 Å². The first kappa shape index (κ1) is 17.6. The van der Waals surface area contributed by atoms with Crippen LogP contribution >= 0.6 is 0 Å². The van der Waals surface area contributed by atoms with Gasteiger partial charge in [-0.25, -0.2) is 8.78 Å². The molecule has 2 N–H and O–H groups in total. The average molecular weight is 352 g/mol. The molecule has 1 atom stereocenters. The molecule has 3 aromatic rings. The maximum absolute atomic E-state index is 13.5. The summed E-state index contributed by atoms with van der Waals surface area (Å²) in [5.41, 5.74) is 2.77. The first-order valence-corrected chi connectivity index (χ1v) is 8.17. The van der Waals surface area contributed by atoms with Crippen molar-refractivity contribution >= 4 is 17.3 Å². The molecule has 0 aromatic heterocycles. The number of nitrogens with one attached hydrogen (secondary N) is 2. The standard InChI is InChI=1S/C21H18F2N2O/c1-14-7-9-16(10-8-14)25-21(26)20(15-5-3-2-4-6-15)24-17-11-12-18(22)19(23)13-17/h2-13,20,24H,1H3,(H,25,26). The molecule has 0 fully saturated rings. The Kier molecular flexibility index (Phi) is 5.27.